The van der Waals surface area contributed by atoms with Crippen LogP contribution in [-0.4, -0.2) is 35.1 Å². The number of nitrogens with one attached hydrogen (secondary N) is 1. The van der Waals surface area contributed by atoms with Crippen molar-refractivity contribution < 1.29 is 0 Å². The Morgan fingerprint density at radius 1 is 1.17 bits per heavy atom. The molecule has 1 N–H and O–H groups in total. The van der Waals surface area contributed by atoms with Crippen molar-refractivity contribution in [3.63, 3.8) is 0 Å². The third kappa shape index (κ3) is 2.21. The SMILES string of the molecule is Cc1cc(N(C)C2CC3CCC(C2)N3)nc(C)n1. The van der Waals surface area contributed by atoms with Gasteiger partial charge in [-0.05, 0) is 39.5 Å². The van der Waals surface area contributed by atoms with Gasteiger partial charge in [0.25, 0.3) is 0 Å². The Bertz CT molecular complexity index is 413. The molecule has 2 bridgehead atoms. The Morgan fingerprint density at radius 3 is 2.44 bits per heavy atom. The molecule has 2 aliphatic rings. The summed E-state index contributed by atoms with van der Waals surface area (Å²) in [5.41, 5.74) is 1.06. The zero-order chi connectivity index (χ0) is 12.7. The second-order valence-corrected chi connectivity index (χ2v) is 5.79. The number of piperidine rings is 1. The summed E-state index contributed by atoms with van der Waals surface area (Å²) in [6.45, 7) is 4.01. The average molecular weight is 246 g/mol. The van der Waals surface area contributed by atoms with Gasteiger partial charge in [0.2, 0.25) is 0 Å². The molecule has 0 radical (unpaired) electrons. The number of hydrogen-bond donors (Lipinski definition) is 1. The van der Waals surface area contributed by atoms with Gasteiger partial charge in [0.1, 0.15) is 11.6 Å². The number of rotatable bonds is 2. The highest BCUT2D eigenvalue weighted by atomic mass is 15.2. The molecule has 0 aromatic carbocycles. The summed E-state index contributed by atoms with van der Waals surface area (Å²) < 4.78 is 0. The molecule has 3 rings (SSSR count). The number of aryl methyl sites for hydroxylation is 2. The number of fused-ring (bicyclic) bond motifs is 2. The number of nitrogens with zero attached hydrogens (tertiary/aromatic N) is 3. The van der Waals surface area contributed by atoms with Gasteiger partial charge in [-0.25, -0.2) is 9.97 Å². The Balaban J connectivity index is 1.79. The van der Waals surface area contributed by atoms with Crippen LogP contribution >= 0.6 is 0 Å². The van der Waals surface area contributed by atoms with Gasteiger partial charge in [0.05, 0.1) is 0 Å². The summed E-state index contributed by atoms with van der Waals surface area (Å²) in [6.07, 6.45) is 5.18. The van der Waals surface area contributed by atoms with E-state index in [0.717, 1.165) is 29.4 Å². The van der Waals surface area contributed by atoms with Crippen molar-refractivity contribution in [2.45, 2.75) is 57.7 Å². The van der Waals surface area contributed by atoms with Gasteiger partial charge in [-0.2, -0.15) is 0 Å². The van der Waals surface area contributed by atoms with E-state index in [4.69, 9.17) is 0 Å². The number of aromatic nitrogens is 2. The highest BCUT2D eigenvalue weighted by Gasteiger charge is 2.35. The van der Waals surface area contributed by atoms with E-state index in [9.17, 15) is 0 Å². The fourth-order valence-corrected chi connectivity index (χ4v) is 3.41. The topological polar surface area (TPSA) is 41.0 Å². The zero-order valence-corrected chi connectivity index (χ0v) is 11.5. The summed E-state index contributed by atoms with van der Waals surface area (Å²) in [5, 5.41) is 3.69. The maximum Gasteiger partial charge on any atom is 0.132 e. The lowest BCUT2D eigenvalue weighted by Gasteiger charge is -2.36. The van der Waals surface area contributed by atoms with E-state index in [2.05, 4.69) is 33.3 Å². The van der Waals surface area contributed by atoms with E-state index >= 15 is 0 Å². The van der Waals surface area contributed by atoms with Crippen molar-refractivity contribution in [1.82, 2.24) is 15.3 Å². The van der Waals surface area contributed by atoms with E-state index in [0.29, 0.717) is 6.04 Å². The predicted octanol–water partition coefficient (Wildman–Crippen LogP) is 1.81. The van der Waals surface area contributed by atoms with Crippen LogP contribution in [0.5, 0.6) is 0 Å². The summed E-state index contributed by atoms with van der Waals surface area (Å²) in [7, 11) is 2.18. The molecule has 0 saturated carbocycles. The molecule has 4 heteroatoms. The van der Waals surface area contributed by atoms with Crippen LogP contribution in [0.25, 0.3) is 0 Å². The van der Waals surface area contributed by atoms with Crippen LogP contribution < -0.4 is 10.2 Å². The smallest absolute Gasteiger partial charge is 0.132 e. The Morgan fingerprint density at radius 2 is 1.83 bits per heavy atom. The monoisotopic (exact) mass is 246 g/mol. The third-order valence-electron chi connectivity index (χ3n) is 4.31. The van der Waals surface area contributed by atoms with E-state index < -0.39 is 0 Å². The van der Waals surface area contributed by atoms with Crippen LogP contribution in [0.3, 0.4) is 0 Å². The first-order chi connectivity index (χ1) is 8.61. The van der Waals surface area contributed by atoms with Crippen molar-refractivity contribution >= 4 is 5.82 Å². The fraction of sp³-hybridized carbons (Fsp3) is 0.714. The quantitative estimate of drug-likeness (QED) is 0.864. The Hall–Kier alpha value is -1.16. The molecule has 2 saturated heterocycles. The molecule has 1 aromatic rings. The first kappa shape index (κ1) is 11.9. The van der Waals surface area contributed by atoms with E-state index in [1.807, 2.05) is 13.8 Å². The van der Waals surface area contributed by atoms with E-state index in [1.165, 1.54) is 25.7 Å². The lowest BCUT2D eigenvalue weighted by Crippen LogP contribution is -2.47. The first-order valence-corrected chi connectivity index (χ1v) is 6.93. The largest absolute Gasteiger partial charge is 0.356 e. The van der Waals surface area contributed by atoms with Crippen LogP contribution in [-0.2, 0) is 0 Å². The third-order valence-corrected chi connectivity index (χ3v) is 4.31. The predicted molar refractivity (Wildman–Crippen MR) is 72.9 cm³/mol. The van der Waals surface area contributed by atoms with Gasteiger partial charge in [-0.1, -0.05) is 0 Å². The summed E-state index contributed by atoms with van der Waals surface area (Å²) >= 11 is 0. The normalized spacial score (nSPS) is 30.5. The Kier molecular flexibility index (Phi) is 2.98. The molecule has 2 atom stereocenters. The van der Waals surface area contributed by atoms with Gasteiger partial charge < -0.3 is 10.2 Å². The molecule has 1 aromatic heterocycles. The van der Waals surface area contributed by atoms with Crippen LogP contribution in [0, 0.1) is 13.8 Å². The number of hydrogen-bond acceptors (Lipinski definition) is 4. The van der Waals surface area contributed by atoms with E-state index in [-0.39, 0.29) is 0 Å². The molecule has 3 heterocycles. The van der Waals surface area contributed by atoms with E-state index in [1.54, 1.807) is 0 Å². The second-order valence-electron chi connectivity index (χ2n) is 5.79. The molecular weight excluding hydrogens is 224 g/mol. The van der Waals surface area contributed by atoms with Gasteiger partial charge in [0.15, 0.2) is 0 Å². The number of anilines is 1. The highest BCUT2D eigenvalue weighted by Crippen LogP contribution is 2.30. The summed E-state index contributed by atoms with van der Waals surface area (Å²) in [6, 6.07) is 4.16. The highest BCUT2D eigenvalue weighted by molar-refractivity contribution is 5.40. The van der Waals surface area contributed by atoms with Crippen LogP contribution in [0.1, 0.15) is 37.2 Å². The van der Waals surface area contributed by atoms with Crippen molar-refractivity contribution in [2.24, 2.45) is 0 Å². The molecular formula is C14H22N4. The molecule has 0 amide bonds. The maximum absolute atomic E-state index is 4.57. The average Bonchev–Trinajstić information content (AvgIpc) is 2.66. The zero-order valence-electron chi connectivity index (χ0n) is 11.5. The molecule has 2 unspecified atom stereocenters. The minimum absolute atomic E-state index is 0.623. The standard InChI is InChI=1S/C14H22N4/c1-9-6-14(16-10(2)15-9)18(3)13-7-11-4-5-12(8-13)17-11/h6,11-13,17H,4-5,7-8H2,1-3H3. The molecule has 18 heavy (non-hydrogen) atoms. The minimum Gasteiger partial charge on any atom is -0.356 e. The van der Waals surface area contributed by atoms with Gasteiger partial charge in [0, 0.05) is 36.9 Å². The minimum atomic E-state index is 0.623. The summed E-state index contributed by atoms with van der Waals surface area (Å²) in [4.78, 5) is 11.3. The first-order valence-electron chi connectivity index (χ1n) is 6.93. The van der Waals surface area contributed by atoms with Crippen LogP contribution in [0.15, 0.2) is 6.07 Å². The fourth-order valence-electron chi connectivity index (χ4n) is 3.41. The molecule has 4 nitrogen and oxygen atoms in total. The van der Waals surface area contributed by atoms with Crippen molar-refractivity contribution in [3.05, 3.63) is 17.6 Å². The maximum atomic E-state index is 4.57. The lowest BCUT2D eigenvalue weighted by molar-refractivity contribution is 0.353. The summed E-state index contributed by atoms with van der Waals surface area (Å²) in [5.74, 6) is 1.94. The molecule has 2 aliphatic heterocycles. The van der Waals surface area contributed by atoms with Crippen molar-refractivity contribution in [1.29, 1.82) is 0 Å². The van der Waals surface area contributed by atoms with Crippen molar-refractivity contribution in [3.8, 4) is 0 Å². The molecule has 0 spiro atoms. The molecule has 98 valence electrons. The lowest BCUT2D eigenvalue weighted by atomic mass is 9.98. The van der Waals surface area contributed by atoms with Gasteiger partial charge in [-0.3, -0.25) is 0 Å². The second kappa shape index (κ2) is 4.50. The van der Waals surface area contributed by atoms with Gasteiger partial charge >= 0.3 is 0 Å². The van der Waals surface area contributed by atoms with Crippen LogP contribution in [0.2, 0.25) is 0 Å². The van der Waals surface area contributed by atoms with Gasteiger partial charge in [-0.15, -0.1) is 0 Å². The van der Waals surface area contributed by atoms with Crippen LogP contribution in [0.4, 0.5) is 5.82 Å². The van der Waals surface area contributed by atoms with Crippen molar-refractivity contribution in [2.75, 3.05) is 11.9 Å². The molecule has 2 fully saturated rings. The Labute approximate surface area is 109 Å². The molecule has 0 aliphatic carbocycles.